The first-order chi connectivity index (χ1) is 9.10. The van der Waals surface area contributed by atoms with Gasteiger partial charge in [0.1, 0.15) is 0 Å². The molecule has 1 atom stereocenters. The van der Waals surface area contributed by atoms with Crippen LogP contribution in [0.15, 0.2) is 10.2 Å². The van der Waals surface area contributed by atoms with Gasteiger partial charge in [-0.2, -0.15) is 0 Å². The monoisotopic (exact) mass is 376 g/mol. The molecular weight excluding hydrogens is 339 g/mol. The molecule has 0 fully saturated rings. The second-order valence-corrected chi connectivity index (χ2v) is 19.2. The Kier molecular flexibility index (Phi) is 12.6. The Morgan fingerprint density at radius 2 is 1.32 bits per heavy atom. The topological polar surface area (TPSA) is 20.2 Å². The Labute approximate surface area is 125 Å². The van der Waals surface area contributed by atoms with E-state index in [4.69, 9.17) is 0 Å². The van der Waals surface area contributed by atoms with Crippen molar-refractivity contribution in [2.45, 2.75) is 92.1 Å². The number of unbranched alkanes of at least 4 members (excludes halogenated alkanes) is 3. The zero-order valence-corrected chi connectivity index (χ0v) is 16.6. The molecule has 0 bridgehead atoms. The van der Waals surface area contributed by atoms with Crippen molar-refractivity contribution in [2.75, 3.05) is 0 Å². The second-order valence-electron chi connectivity index (χ2n) is 6.16. The van der Waals surface area contributed by atoms with Crippen LogP contribution in [0.2, 0.25) is 13.3 Å². The normalized spacial score (nSPS) is 14.2. The summed E-state index contributed by atoms with van der Waals surface area (Å²) < 4.78 is 7.24. The van der Waals surface area contributed by atoms with Crippen LogP contribution in [-0.4, -0.2) is 29.6 Å². The molecule has 0 unspecified atom stereocenters. The van der Waals surface area contributed by atoms with Crippen molar-refractivity contribution in [3.63, 3.8) is 0 Å². The van der Waals surface area contributed by atoms with Gasteiger partial charge >= 0.3 is 126 Å². The Morgan fingerprint density at radius 3 is 1.63 bits per heavy atom. The van der Waals surface area contributed by atoms with Gasteiger partial charge in [0.25, 0.3) is 0 Å². The van der Waals surface area contributed by atoms with Crippen molar-refractivity contribution in [2.24, 2.45) is 0 Å². The van der Waals surface area contributed by atoms with Crippen LogP contribution in [0.25, 0.3) is 0 Å². The van der Waals surface area contributed by atoms with Crippen LogP contribution in [0.3, 0.4) is 0 Å². The van der Waals surface area contributed by atoms with Gasteiger partial charge in [-0.15, -0.1) is 0 Å². The van der Waals surface area contributed by atoms with Crippen LogP contribution < -0.4 is 0 Å². The fraction of sp³-hybridized carbons (Fsp3) is 0.882. The van der Waals surface area contributed by atoms with Crippen molar-refractivity contribution in [3.8, 4) is 0 Å². The number of rotatable bonds is 12. The van der Waals surface area contributed by atoms with Crippen molar-refractivity contribution < 1.29 is 5.11 Å². The van der Waals surface area contributed by atoms with Crippen molar-refractivity contribution in [1.82, 2.24) is 0 Å². The van der Waals surface area contributed by atoms with E-state index in [-0.39, 0.29) is 6.10 Å². The maximum absolute atomic E-state index is 9.45. The van der Waals surface area contributed by atoms with Gasteiger partial charge < -0.3 is 0 Å². The fourth-order valence-corrected chi connectivity index (χ4v) is 17.2. The second kappa shape index (κ2) is 12.3. The van der Waals surface area contributed by atoms with Gasteiger partial charge in [-0.05, 0) is 0 Å². The predicted octanol–water partition coefficient (Wildman–Crippen LogP) is 5.70. The van der Waals surface area contributed by atoms with Crippen LogP contribution in [-0.2, 0) is 0 Å². The third-order valence-electron chi connectivity index (χ3n) is 4.03. The average molecular weight is 375 g/mol. The van der Waals surface area contributed by atoms with Gasteiger partial charge in [-0.1, -0.05) is 0 Å². The van der Waals surface area contributed by atoms with E-state index in [2.05, 4.69) is 30.9 Å². The molecule has 0 heterocycles. The first-order valence-electron chi connectivity index (χ1n) is 8.46. The fourth-order valence-electron chi connectivity index (χ4n) is 2.73. The van der Waals surface area contributed by atoms with Crippen LogP contribution >= 0.6 is 0 Å². The van der Waals surface area contributed by atoms with E-state index in [0.717, 1.165) is 6.42 Å². The molecule has 0 aliphatic rings. The molecule has 0 aromatic carbocycles. The zero-order chi connectivity index (χ0) is 14.6. The molecule has 0 aliphatic heterocycles. The summed E-state index contributed by atoms with van der Waals surface area (Å²) in [5, 5.41) is 9.45. The van der Waals surface area contributed by atoms with E-state index < -0.39 is 18.4 Å². The molecule has 0 saturated heterocycles. The average Bonchev–Trinajstić information content (AvgIpc) is 2.39. The first kappa shape index (κ1) is 19.5. The summed E-state index contributed by atoms with van der Waals surface area (Å²) in [6.45, 7) is 8.84. The molecule has 0 rings (SSSR count). The van der Waals surface area contributed by atoms with Gasteiger partial charge in [0.15, 0.2) is 0 Å². The Morgan fingerprint density at radius 1 is 0.895 bits per heavy atom. The Hall–Kier alpha value is 0.499. The number of aliphatic hydroxyl groups is 1. The SMILES string of the molecule is CCC[CH2][Sn](/[CH]=C/C[C@H](C)O)([CH2]CCC)[CH2]CCC. The minimum absolute atomic E-state index is 0.177. The van der Waals surface area contributed by atoms with Crippen molar-refractivity contribution in [1.29, 1.82) is 0 Å². The molecule has 0 spiro atoms. The van der Waals surface area contributed by atoms with Crippen LogP contribution in [0.1, 0.15) is 72.6 Å². The Bertz CT molecular complexity index is 202. The van der Waals surface area contributed by atoms with Gasteiger partial charge in [0.05, 0.1) is 0 Å². The van der Waals surface area contributed by atoms with E-state index in [1.165, 1.54) is 51.8 Å². The van der Waals surface area contributed by atoms with Crippen molar-refractivity contribution >= 4 is 18.4 Å². The molecule has 0 saturated carbocycles. The van der Waals surface area contributed by atoms with Gasteiger partial charge in [-0.3, -0.25) is 0 Å². The molecule has 0 aromatic heterocycles. The van der Waals surface area contributed by atoms with E-state index in [9.17, 15) is 5.11 Å². The molecule has 114 valence electrons. The molecule has 1 N–H and O–H groups in total. The summed E-state index contributed by atoms with van der Waals surface area (Å²) in [4.78, 5) is 0. The molecule has 19 heavy (non-hydrogen) atoms. The zero-order valence-electron chi connectivity index (χ0n) is 13.8. The summed E-state index contributed by atoms with van der Waals surface area (Å²) in [7, 11) is 0. The number of hydrogen-bond acceptors (Lipinski definition) is 1. The van der Waals surface area contributed by atoms with E-state index in [1.54, 1.807) is 0 Å². The summed E-state index contributed by atoms with van der Waals surface area (Å²) in [5.74, 6) is 0. The molecule has 0 amide bonds. The molecule has 0 aliphatic carbocycles. The van der Waals surface area contributed by atoms with Gasteiger partial charge in [-0.25, -0.2) is 0 Å². The van der Waals surface area contributed by atoms with Crippen LogP contribution in [0, 0.1) is 0 Å². The number of hydrogen-bond donors (Lipinski definition) is 1. The first-order valence-corrected chi connectivity index (χ1v) is 16.2. The molecule has 2 heteroatoms. The van der Waals surface area contributed by atoms with Crippen LogP contribution in [0.5, 0.6) is 0 Å². The quantitative estimate of drug-likeness (QED) is 0.434. The minimum atomic E-state index is -2.04. The van der Waals surface area contributed by atoms with Crippen molar-refractivity contribution in [3.05, 3.63) is 10.2 Å². The summed E-state index contributed by atoms with van der Waals surface area (Å²) >= 11 is -2.04. The number of aliphatic hydroxyl groups excluding tert-OH is 1. The molecule has 0 radical (unpaired) electrons. The third-order valence-corrected chi connectivity index (χ3v) is 18.3. The van der Waals surface area contributed by atoms with E-state index >= 15 is 0 Å². The molecule has 1 nitrogen and oxygen atoms in total. The predicted molar refractivity (Wildman–Crippen MR) is 90.3 cm³/mol. The third kappa shape index (κ3) is 9.95. The van der Waals surface area contributed by atoms with E-state index in [1.807, 2.05) is 6.92 Å². The van der Waals surface area contributed by atoms with Gasteiger partial charge in [0, 0.05) is 0 Å². The summed E-state index contributed by atoms with van der Waals surface area (Å²) in [6.07, 6.45) is 11.3. The standard InChI is InChI=1S/C5H9O.3C4H9.Sn/c1-3-4-5(2)6;3*1-3-4-2;/h1,3,5-6H,4H2,2H3;3*1,3-4H2,2H3;/t5-;;;;/m0..../s1. The van der Waals surface area contributed by atoms with Gasteiger partial charge in [0.2, 0.25) is 0 Å². The van der Waals surface area contributed by atoms with E-state index in [0.29, 0.717) is 0 Å². The molecule has 0 aromatic rings. The summed E-state index contributed by atoms with van der Waals surface area (Å²) in [5.41, 5.74) is 0. The summed E-state index contributed by atoms with van der Waals surface area (Å²) in [6, 6.07) is 0. The Balaban J connectivity index is 4.70. The molecular formula is C17H36OSn. The van der Waals surface area contributed by atoms with Crippen LogP contribution in [0.4, 0.5) is 0 Å². The maximum atomic E-state index is 9.45.